The molecule has 3 aromatic rings. The molecule has 0 unspecified atom stereocenters. The van der Waals surface area contributed by atoms with Crippen LogP contribution in [-0.4, -0.2) is 53.9 Å². The molecule has 4 N–H and O–H groups in total. The number of aromatic nitrogens is 1. The number of nitrogens with one attached hydrogen (secondary N) is 2. The summed E-state index contributed by atoms with van der Waals surface area (Å²) < 4.78 is 13.6. The Morgan fingerprint density at radius 3 is 2.79 bits per heavy atom. The van der Waals surface area contributed by atoms with E-state index in [0.29, 0.717) is 73.6 Å². The molecule has 196 valence electrons. The number of nitrogens with zero attached hydrogens (tertiary/aromatic N) is 3. The number of rotatable bonds is 11. The van der Waals surface area contributed by atoms with Crippen molar-refractivity contribution in [2.45, 2.75) is 31.7 Å². The number of halogens is 1. The summed E-state index contributed by atoms with van der Waals surface area (Å²) in [5.41, 5.74) is 8.67. The Hall–Kier alpha value is -4.29. The molecule has 1 aromatic heterocycles. The van der Waals surface area contributed by atoms with Crippen LogP contribution in [0.4, 0.5) is 10.2 Å². The third kappa shape index (κ3) is 6.52. The molecular formula is C29H31FN6O2. The summed E-state index contributed by atoms with van der Waals surface area (Å²) in [6.07, 6.45) is 2.44. The first-order chi connectivity index (χ1) is 18.5. The Morgan fingerprint density at radius 2 is 2.00 bits per heavy atom. The number of likely N-dealkylation sites (tertiary alicyclic amines) is 1. The number of hydrogen-bond donors (Lipinski definition) is 3. The zero-order valence-corrected chi connectivity index (χ0v) is 21.1. The summed E-state index contributed by atoms with van der Waals surface area (Å²) in [6.45, 7) is 1.80. The molecule has 9 heteroatoms. The molecule has 1 aliphatic rings. The van der Waals surface area contributed by atoms with E-state index in [-0.39, 0.29) is 23.7 Å². The summed E-state index contributed by atoms with van der Waals surface area (Å²) in [4.78, 5) is 31.7. The van der Waals surface area contributed by atoms with Crippen LogP contribution in [0.25, 0.3) is 11.3 Å². The summed E-state index contributed by atoms with van der Waals surface area (Å²) in [5.74, 6) is -0.116. The zero-order valence-electron chi connectivity index (χ0n) is 21.1. The summed E-state index contributed by atoms with van der Waals surface area (Å²) in [6, 6.07) is 19.2. The molecule has 0 bridgehead atoms. The fourth-order valence-corrected chi connectivity index (χ4v) is 4.64. The monoisotopic (exact) mass is 514 g/mol. The molecule has 0 spiro atoms. The number of nitriles is 1. The number of anilines is 1. The minimum absolute atomic E-state index is 0.0696. The van der Waals surface area contributed by atoms with Crippen LogP contribution in [0.15, 0.2) is 60.7 Å². The van der Waals surface area contributed by atoms with Crippen LogP contribution in [0.1, 0.15) is 40.7 Å². The van der Waals surface area contributed by atoms with Crippen LogP contribution in [0, 0.1) is 17.1 Å². The number of carbonyl (C=O) groups excluding carboxylic acids is 2. The Morgan fingerprint density at radius 1 is 1.16 bits per heavy atom. The normalized spacial score (nSPS) is 14.8. The lowest BCUT2D eigenvalue weighted by molar-refractivity contribution is -0.128. The van der Waals surface area contributed by atoms with E-state index in [9.17, 15) is 19.2 Å². The first-order valence-electron chi connectivity index (χ1n) is 12.8. The summed E-state index contributed by atoms with van der Waals surface area (Å²) >= 11 is 0. The molecule has 2 heterocycles. The van der Waals surface area contributed by atoms with Crippen LogP contribution in [0.5, 0.6) is 0 Å². The maximum atomic E-state index is 13.6. The molecule has 0 saturated carbocycles. The molecule has 1 aliphatic heterocycles. The number of pyridine rings is 1. The second kappa shape index (κ2) is 12.8. The third-order valence-electron chi connectivity index (χ3n) is 6.64. The lowest BCUT2D eigenvalue weighted by atomic mass is 10.0. The fourth-order valence-electron chi connectivity index (χ4n) is 4.64. The van der Waals surface area contributed by atoms with Crippen LogP contribution in [-0.2, 0) is 11.2 Å². The van der Waals surface area contributed by atoms with Crippen LogP contribution in [0.2, 0.25) is 0 Å². The van der Waals surface area contributed by atoms with Gasteiger partial charge in [-0.15, -0.1) is 0 Å². The van der Waals surface area contributed by atoms with E-state index in [4.69, 9.17) is 5.73 Å². The lowest BCUT2D eigenvalue weighted by Crippen LogP contribution is -2.39. The lowest BCUT2D eigenvalue weighted by Gasteiger charge is -2.23. The Balaban J connectivity index is 1.46. The minimum atomic E-state index is -0.302. The quantitative estimate of drug-likeness (QED) is 0.337. The van der Waals surface area contributed by atoms with Crippen molar-refractivity contribution in [3.8, 4) is 17.3 Å². The molecular weight excluding hydrogens is 483 g/mol. The molecule has 0 aliphatic carbocycles. The van der Waals surface area contributed by atoms with Gasteiger partial charge in [-0.1, -0.05) is 30.3 Å². The summed E-state index contributed by atoms with van der Waals surface area (Å²) in [7, 11) is 0. The van der Waals surface area contributed by atoms with Crippen molar-refractivity contribution >= 4 is 17.6 Å². The Bertz CT molecular complexity index is 1340. The van der Waals surface area contributed by atoms with Gasteiger partial charge in [-0.25, -0.2) is 9.37 Å². The van der Waals surface area contributed by atoms with Gasteiger partial charge in [-0.3, -0.25) is 9.59 Å². The predicted octanol–water partition coefficient (Wildman–Crippen LogP) is 3.48. The van der Waals surface area contributed by atoms with E-state index >= 15 is 0 Å². The van der Waals surface area contributed by atoms with E-state index in [2.05, 4.69) is 21.7 Å². The molecule has 1 atom stereocenters. The summed E-state index contributed by atoms with van der Waals surface area (Å²) in [5, 5.41) is 15.6. The molecule has 8 nitrogen and oxygen atoms in total. The number of carbonyl (C=O) groups is 2. The van der Waals surface area contributed by atoms with E-state index in [1.54, 1.807) is 35.2 Å². The predicted molar refractivity (Wildman–Crippen MR) is 144 cm³/mol. The van der Waals surface area contributed by atoms with Gasteiger partial charge in [0, 0.05) is 44.2 Å². The highest BCUT2D eigenvalue weighted by atomic mass is 19.1. The smallest absolute Gasteiger partial charge is 0.255 e. The van der Waals surface area contributed by atoms with Crippen LogP contribution < -0.4 is 16.4 Å². The number of amides is 2. The second-order valence-electron chi connectivity index (χ2n) is 9.18. The maximum Gasteiger partial charge on any atom is 0.255 e. The highest BCUT2D eigenvalue weighted by Gasteiger charge is 2.29. The third-order valence-corrected chi connectivity index (χ3v) is 6.64. The number of benzene rings is 2. The molecule has 38 heavy (non-hydrogen) atoms. The Labute approximate surface area is 221 Å². The molecule has 4 rings (SSSR count). The topological polar surface area (TPSA) is 124 Å². The van der Waals surface area contributed by atoms with Gasteiger partial charge in [0.2, 0.25) is 5.91 Å². The molecule has 1 saturated heterocycles. The van der Waals surface area contributed by atoms with Gasteiger partial charge in [0.05, 0.1) is 22.9 Å². The molecule has 2 amide bonds. The van der Waals surface area contributed by atoms with Crippen molar-refractivity contribution in [2.24, 2.45) is 5.73 Å². The van der Waals surface area contributed by atoms with E-state index in [0.717, 1.165) is 12.0 Å². The van der Waals surface area contributed by atoms with Crippen molar-refractivity contribution in [2.75, 3.05) is 31.5 Å². The largest absolute Gasteiger partial charge is 0.369 e. The highest BCUT2D eigenvalue weighted by molar-refractivity contribution is 5.99. The van der Waals surface area contributed by atoms with Crippen molar-refractivity contribution in [1.29, 1.82) is 5.26 Å². The van der Waals surface area contributed by atoms with E-state index in [1.807, 2.05) is 18.2 Å². The van der Waals surface area contributed by atoms with Gasteiger partial charge in [-0.2, -0.15) is 5.26 Å². The van der Waals surface area contributed by atoms with E-state index < -0.39 is 0 Å². The van der Waals surface area contributed by atoms with Crippen LogP contribution in [0.3, 0.4) is 0 Å². The molecule has 0 radical (unpaired) electrons. The van der Waals surface area contributed by atoms with Crippen molar-refractivity contribution in [3.05, 3.63) is 83.2 Å². The minimum Gasteiger partial charge on any atom is -0.369 e. The van der Waals surface area contributed by atoms with Gasteiger partial charge in [0.1, 0.15) is 11.6 Å². The van der Waals surface area contributed by atoms with Crippen molar-refractivity contribution < 1.29 is 14.0 Å². The van der Waals surface area contributed by atoms with Gasteiger partial charge in [0.15, 0.2) is 0 Å². The fraction of sp³-hybridized carbons (Fsp3) is 0.310. The number of hydrogen-bond acceptors (Lipinski definition) is 6. The van der Waals surface area contributed by atoms with Gasteiger partial charge in [0.25, 0.3) is 5.91 Å². The van der Waals surface area contributed by atoms with Gasteiger partial charge in [-0.05, 0) is 55.2 Å². The first kappa shape index (κ1) is 26.8. The van der Waals surface area contributed by atoms with Crippen molar-refractivity contribution in [1.82, 2.24) is 15.2 Å². The van der Waals surface area contributed by atoms with Gasteiger partial charge >= 0.3 is 0 Å². The van der Waals surface area contributed by atoms with Crippen molar-refractivity contribution in [3.63, 3.8) is 0 Å². The standard InChI is InChI=1S/C29H31FN6O2/c30-22-7-3-5-20(17-22)13-15-33-28-25(10-11-26(35-28)24-8-2-1-6-21(24)18-31)29(38)34-14-4-16-36-23(19-32)9-12-27(36)37/h1-3,5-8,10-11,17,23H,4,9,12-16,19,32H2,(H,33,35)(H,34,38)/t23-/m0/s1. The molecule has 2 aromatic carbocycles. The maximum absolute atomic E-state index is 13.6. The van der Waals surface area contributed by atoms with Crippen LogP contribution >= 0.6 is 0 Å². The average molecular weight is 515 g/mol. The number of nitrogens with two attached hydrogens (primary N) is 1. The van der Waals surface area contributed by atoms with E-state index in [1.165, 1.54) is 12.1 Å². The Kier molecular flexibility index (Phi) is 9.01. The highest BCUT2D eigenvalue weighted by Crippen LogP contribution is 2.25. The first-order valence-corrected chi connectivity index (χ1v) is 12.8. The SMILES string of the molecule is N#Cc1ccccc1-c1ccc(C(=O)NCCCN2C(=O)CC[C@H]2CN)c(NCCc2cccc(F)c2)n1. The average Bonchev–Trinajstić information content (AvgIpc) is 3.30. The second-order valence-corrected chi connectivity index (χ2v) is 9.18. The molecule has 1 fully saturated rings. The zero-order chi connectivity index (χ0) is 26.9. The van der Waals surface area contributed by atoms with Gasteiger partial charge < -0.3 is 21.3 Å².